The Hall–Kier alpha value is -2.64. The van der Waals surface area contributed by atoms with Gasteiger partial charge < -0.3 is 20.4 Å². The van der Waals surface area contributed by atoms with Crippen molar-refractivity contribution in [2.45, 2.75) is 6.42 Å². The van der Waals surface area contributed by atoms with E-state index in [0.717, 1.165) is 11.9 Å². The number of nitrogens with zero attached hydrogens (tertiary/aromatic N) is 3. The molecule has 3 N–H and O–H groups in total. The van der Waals surface area contributed by atoms with Gasteiger partial charge >= 0.3 is 5.97 Å². The maximum atomic E-state index is 13.8. The average molecular weight is 293 g/mol. The third kappa shape index (κ3) is 3.28. The normalized spacial score (nSPS) is 10.4. The third-order valence-corrected chi connectivity index (χ3v) is 3.01. The second-order valence-corrected chi connectivity index (χ2v) is 4.45. The van der Waals surface area contributed by atoms with E-state index >= 15 is 0 Å². The van der Waals surface area contributed by atoms with E-state index in [-0.39, 0.29) is 16.9 Å². The molecule has 2 aromatic rings. The lowest BCUT2D eigenvalue weighted by molar-refractivity contribution is 0.0602. The smallest absolute Gasteiger partial charge is 0.340 e. The van der Waals surface area contributed by atoms with Gasteiger partial charge in [-0.05, 0) is 12.1 Å². The Balaban J connectivity index is 2.09. The van der Waals surface area contributed by atoms with Crippen molar-refractivity contribution >= 4 is 17.3 Å². The first-order chi connectivity index (χ1) is 10.0. The zero-order chi connectivity index (χ0) is 15.4. The Morgan fingerprint density at radius 3 is 2.90 bits per heavy atom. The van der Waals surface area contributed by atoms with E-state index in [2.05, 4.69) is 20.3 Å². The van der Waals surface area contributed by atoms with Crippen LogP contribution < -0.4 is 11.1 Å². The number of aromatic nitrogens is 3. The Morgan fingerprint density at radius 1 is 1.52 bits per heavy atom. The molecule has 21 heavy (non-hydrogen) atoms. The van der Waals surface area contributed by atoms with Crippen molar-refractivity contribution in [3.05, 3.63) is 35.7 Å². The minimum absolute atomic E-state index is 0.0400. The molecule has 0 radical (unpaired) electrons. The number of esters is 1. The van der Waals surface area contributed by atoms with Crippen LogP contribution in [0.4, 0.5) is 15.8 Å². The number of aryl methyl sites for hydroxylation is 1. The van der Waals surface area contributed by atoms with Crippen LogP contribution in [0.15, 0.2) is 18.5 Å². The van der Waals surface area contributed by atoms with E-state index < -0.39 is 11.8 Å². The summed E-state index contributed by atoms with van der Waals surface area (Å²) in [5.41, 5.74) is 5.95. The van der Waals surface area contributed by atoms with Gasteiger partial charge in [0.25, 0.3) is 0 Å². The minimum Gasteiger partial charge on any atom is -0.465 e. The summed E-state index contributed by atoms with van der Waals surface area (Å²) in [5, 5.41) is 10.6. The lowest BCUT2D eigenvalue weighted by Crippen LogP contribution is -2.12. The van der Waals surface area contributed by atoms with E-state index in [1.165, 1.54) is 13.2 Å². The number of nitrogens with two attached hydrogens (primary N) is 1. The Morgan fingerprint density at radius 2 is 2.29 bits per heavy atom. The summed E-state index contributed by atoms with van der Waals surface area (Å²) in [4.78, 5) is 11.5. The minimum atomic E-state index is -0.608. The van der Waals surface area contributed by atoms with Crippen molar-refractivity contribution in [1.82, 2.24) is 14.8 Å². The van der Waals surface area contributed by atoms with E-state index in [1.54, 1.807) is 10.9 Å². The molecule has 1 aromatic heterocycles. The van der Waals surface area contributed by atoms with Crippen molar-refractivity contribution in [3.63, 3.8) is 0 Å². The Kier molecular flexibility index (Phi) is 4.36. The summed E-state index contributed by atoms with van der Waals surface area (Å²) in [5.74, 6) is -0.367. The van der Waals surface area contributed by atoms with Crippen LogP contribution >= 0.6 is 0 Å². The second kappa shape index (κ2) is 6.21. The molecule has 0 saturated carbocycles. The fourth-order valence-corrected chi connectivity index (χ4v) is 1.85. The number of rotatable bonds is 5. The lowest BCUT2D eigenvalue weighted by atomic mass is 10.1. The summed E-state index contributed by atoms with van der Waals surface area (Å²) >= 11 is 0. The number of hydrogen-bond acceptors (Lipinski definition) is 6. The largest absolute Gasteiger partial charge is 0.465 e. The van der Waals surface area contributed by atoms with Gasteiger partial charge in [0, 0.05) is 25.7 Å². The van der Waals surface area contributed by atoms with Crippen LogP contribution in [-0.4, -0.2) is 34.4 Å². The molecule has 0 fully saturated rings. The zero-order valence-corrected chi connectivity index (χ0v) is 11.8. The molecule has 1 heterocycles. The number of carbonyl (C=O) groups is 1. The number of benzene rings is 1. The summed E-state index contributed by atoms with van der Waals surface area (Å²) in [7, 11) is 3.07. The standard InChI is InChI=1S/C13H16FN5O2/c1-19-7-17-18-12(19)3-4-16-11-5-8(13(20)21-2)10(15)6-9(11)14/h5-7,16H,3-4,15H2,1-2H3. The summed E-state index contributed by atoms with van der Waals surface area (Å²) in [6.45, 7) is 0.438. The highest BCUT2D eigenvalue weighted by atomic mass is 19.1. The fourth-order valence-electron chi connectivity index (χ4n) is 1.85. The first kappa shape index (κ1) is 14.8. The third-order valence-electron chi connectivity index (χ3n) is 3.01. The predicted molar refractivity (Wildman–Crippen MR) is 75.3 cm³/mol. The van der Waals surface area contributed by atoms with Crippen LogP contribution in [0.2, 0.25) is 0 Å². The maximum Gasteiger partial charge on any atom is 0.340 e. The van der Waals surface area contributed by atoms with Gasteiger partial charge in [-0.1, -0.05) is 0 Å². The van der Waals surface area contributed by atoms with Crippen molar-refractivity contribution in [2.24, 2.45) is 7.05 Å². The van der Waals surface area contributed by atoms with Crippen molar-refractivity contribution < 1.29 is 13.9 Å². The van der Waals surface area contributed by atoms with Gasteiger partial charge in [0.1, 0.15) is 18.0 Å². The highest BCUT2D eigenvalue weighted by Crippen LogP contribution is 2.22. The first-order valence-corrected chi connectivity index (χ1v) is 6.27. The van der Waals surface area contributed by atoms with Gasteiger partial charge in [-0.25, -0.2) is 9.18 Å². The number of halogens is 1. The van der Waals surface area contributed by atoms with Crippen LogP contribution in [0.3, 0.4) is 0 Å². The van der Waals surface area contributed by atoms with Gasteiger partial charge in [0.15, 0.2) is 0 Å². The molecule has 0 unspecified atom stereocenters. The molecule has 0 saturated heterocycles. The number of nitrogen functional groups attached to an aromatic ring is 1. The van der Waals surface area contributed by atoms with E-state index in [9.17, 15) is 9.18 Å². The van der Waals surface area contributed by atoms with Gasteiger partial charge in [0.05, 0.1) is 18.4 Å². The Labute approximate surface area is 120 Å². The monoisotopic (exact) mass is 293 g/mol. The maximum absolute atomic E-state index is 13.8. The molecule has 2 rings (SSSR count). The van der Waals surface area contributed by atoms with Crippen LogP contribution in [0.1, 0.15) is 16.2 Å². The number of carbonyl (C=O) groups excluding carboxylic acids is 1. The van der Waals surface area contributed by atoms with Crippen molar-refractivity contribution in [2.75, 3.05) is 24.7 Å². The van der Waals surface area contributed by atoms with Crippen LogP contribution in [0.25, 0.3) is 0 Å². The molecule has 0 spiro atoms. The molecule has 112 valence electrons. The quantitative estimate of drug-likeness (QED) is 0.630. The van der Waals surface area contributed by atoms with Crippen LogP contribution in [-0.2, 0) is 18.2 Å². The number of hydrogen-bond donors (Lipinski definition) is 2. The van der Waals surface area contributed by atoms with Gasteiger partial charge in [-0.3, -0.25) is 0 Å². The molecule has 0 amide bonds. The van der Waals surface area contributed by atoms with Crippen LogP contribution in [0.5, 0.6) is 0 Å². The van der Waals surface area contributed by atoms with Gasteiger partial charge in [-0.15, -0.1) is 10.2 Å². The number of anilines is 2. The number of ether oxygens (including phenoxy) is 1. The molecule has 0 bridgehead atoms. The van der Waals surface area contributed by atoms with E-state index in [0.29, 0.717) is 13.0 Å². The van der Waals surface area contributed by atoms with Gasteiger partial charge in [0.2, 0.25) is 0 Å². The van der Waals surface area contributed by atoms with E-state index in [4.69, 9.17) is 5.73 Å². The molecule has 0 aliphatic heterocycles. The molecule has 7 nitrogen and oxygen atoms in total. The topological polar surface area (TPSA) is 95.1 Å². The lowest BCUT2D eigenvalue weighted by Gasteiger charge is -2.11. The molecular weight excluding hydrogens is 277 g/mol. The number of nitrogens with one attached hydrogen (secondary N) is 1. The zero-order valence-electron chi connectivity index (χ0n) is 11.8. The Bertz CT molecular complexity index is 656. The highest BCUT2D eigenvalue weighted by Gasteiger charge is 2.14. The molecule has 8 heteroatoms. The molecule has 0 atom stereocenters. The molecule has 1 aromatic carbocycles. The number of methoxy groups -OCH3 is 1. The SMILES string of the molecule is COC(=O)c1cc(NCCc2nncn2C)c(F)cc1N. The first-order valence-electron chi connectivity index (χ1n) is 6.27. The van der Waals surface area contributed by atoms with Crippen molar-refractivity contribution in [3.8, 4) is 0 Å². The second-order valence-electron chi connectivity index (χ2n) is 4.45. The van der Waals surface area contributed by atoms with Crippen LogP contribution in [0, 0.1) is 5.82 Å². The van der Waals surface area contributed by atoms with E-state index in [1.807, 2.05) is 7.05 Å². The molecule has 0 aliphatic carbocycles. The highest BCUT2D eigenvalue weighted by molar-refractivity contribution is 5.96. The molecular formula is C13H16FN5O2. The predicted octanol–water partition coefficient (Wildman–Crippen LogP) is 0.978. The van der Waals surface area contributed by atoms with Gasteiger partial charge in [-0.2, -0.15) is 0 Å². The van der Waals surface area contributed by atoms with Crippen molar-refractivity contribution in [1.29, 1.82) is 0 Å². The summed E-state index contributed by atoms with van der Waals surface area (Å²) in [6.07, 6.45) is 2.16. The summed E-state index contributed by atoms with van der Waals surface area (Å²) < 4.78 is 20.2. The fraction of sp³-hybridized carbons (Fsp3) is 0.308. The average Bonchev–Trinajstić information content (AvgIpc) is 2.86. The molecule has 0 aliphatic rings. The summed E-state index contributed by atoms with van der Waals surface area (Å²) in [6, 6.07) is 2.43.